The summed E-state index contributed by atoms with van der Waals surface area (Å²) in [5.74, 6) is 0.993. The number of aliphatic imine (C=N–C) groups is 1. The van der Waals surface area contributed by atoms with Gasteiger partial charge in [0.2, 0.25) is 0 Å². The van der Waals surface area contributed by atoms with E-state index < -0.39 is 6.61 Å². The molecule has 0 aliphatic rings. The topological polar surface area (TPSA) is 64.1 Å². The summed E-state index contributed by atoms with van der Waals surface area (Å²) in [5, 5.41) is 6.36. The summed E-state index contributed by atoms with van der Waals surface area (Å²) < 4.78 is 39.7. The van der Waals surface area contributed by atoms with Crippen molar-refractivity contribution in [3.05, 3.63) is 23.8 Å². The molecule has 9 heteroatoms. The third kappa shape index (κ3) is 9.95. The van der Waals surface area contributed by atoms with E-state index in [1.165, 1.54) is 6.07 Å². The van der Waals surface area contributed by atoms with Crippen LogP contribution in [-0.2, 0) is 11.3 Å². The number of halogens is 3. The molecule has 0 aliphatic heterocycles. The highest BCUT2D eigenvalue weighted by Gasteiger charge is 2.11. The fourth-order valence-electron chi connectivity index (χ4n) is 2.05. The molecule has 1 aromatic carbocycles. The second-order valence-electron chi connectivity index (χ2n) is 5.06. The Hall–Kier alpha value is -1.36. The minimum atomic E-state index is -2.89. The first kappa shape index (κ1) is 24.6. The number of hydrogen-bond acceptors (Lipinski definition) is 4. The molecule has 150 valence electrons. The van der Waals surface area contributed by atoms with Gasteiger partial charge in [0.15, 0.2) is 17.5 Å². The van der Waals surface area contributed by atoms with Gasteiger partial charge in [-0.05, 0) is 38.0 Å². The summed E-state index contributed by atoms with van der Waals surface area (Å²) >= 11 is 0. The third-order valence-electron chi connectivity index (χ3n) is 3.11. The number of alkyl halides is 2. The van der Waals surface area contributed by atoms with Crippen LogP contribution in [-0.4, -0.2) is 46.0 Å². The van der Waals surface area contributed by atoms with E-state index in [0.717, 1.165) is 25.1 Å². The van der Waals surface area contributed by atoms with Crippen molar-refractivity contribution >= 4 is 29.9 Å². The largest absolute Gasteiger partial charge is 0.490 e. The van der Waals surface area contributed by atoms with E-state index in [9.17, 15) is 8.78 Å². The molecule has 2 N–H and O–H groups in total. The van der Waals surface area contributed by atoms with Gasteiger partial charge < -0.3 is 24.8 Å². The normalized spacial score (nSPS) is 11.1. The molecule has 0 atom stereocenters. The Kier molecular flexibility index (Phi) is 14.0. The Morgan fingerprint density at radius 3 is 2.58 bits per heavy atom. The standard InChI is InChI=1S/C17H27F2N3O3.HI/c1-4-20-17(21-9-6-10-23-3)22-12-13-7-8-14(25-16(18)19)15(11-13)24-5-2;/h7-8,11,16H,4-6,9-10,12H2,1-3H3,(H2,20,21,22);1H. The Bertz CT molecular complexity index is 534. The Labute approximate surface area is 170 Å². The van der Waals surface area contributed by atoms with Crippen molar-refractivity contribution in [2.24, 2.45) is 4.99 Å². The number of rotatable bonds is 11. The number of hydrogen-bond donors (Lipinski definition) is 2. The van der Waals surface area contributed by atoms with E-state index >= 15 is 0 Å². The molecule has 0 heterocycles. The zero-order chi connectivity index (χ0) is 18.5. The van der Waals surface area contributed by atoms with Crippen LogP contribution in [0.15, 0.2) is 23.2 Å². The maximum absolute atomic E-state index is 12.4. The van der Waals surface area contributed by atoms with Crippen LogP contribution >= 0.6 is 24.0 Å². The number of nitrogens with one attached hydrogen (secondary N) is 2. The third-order valence-corrected chi connectivity index (χ3v) is 3.11. The summed E-state index contributed by atoms with van der Waals surface area (Å²) in [7, 11) is 1.66. The Morgan fingerprint density at radius 1 is 1.19 bits per heavy atom. The van der Waals surface area contributed by atoms with Crippen molar-refractivity contribution < 1.29 is 23.0 Å². The van der Waals surface area contributed by atoms with Crippen LogP contribution in [0.25, 0.3) is 0 Å². The van der Waals surface area contributed by atoms with Gasteiger partial charge in [0.25, 0.3) is 0 Å². The van der Waals surface area contributed by atoms with Gasteiger partial charge in [-0.15, -0.1) is 24.0 Å². The fraction of sp³-hybridized carbons (Fsp3) is 0.588. The van der Waals surface area contributed by atoms with Crippen molar-refractivity contribution in [2.45, 2.75) is 33.4 Å². The second kappa shape index (κ2) is 14.8. The first-order valence-corrected chi connectivity index (χ1v) is 8.32. The molecule has 26 heavy (non-hydrogen) atoms. The average Bonchev–Trinajstić information content (AvgIpc) is 2.58. The molecule has 6 nitrogen and oxygen atoms in total. The first-order chi connectivity index (χ1) is 12.1. The Balaban J connectivity index is 0.00000625. The van der Waals surface area contributed by atoms with E-state index in [0.29, 0.717) is 25.7 Å². The maximum atomic E-state index is 12.4. The molecule has 0 saturated carbocycles. The van der Waals surface area contributed by atoms with Gasteiger partial charge in [-0.3, -0.25) is 0 Å². The lowest BCUT2D eigenvalue weighted by atomic mass is 10.2. The SMILES string of the molecule is CCNC(=NCc1ccc(OC(F)F)c(OCC)c1)NCCCOC.I. The molecule has 0 saturated heterocycles. The highest BCUT2D eigenvalue weighted by Crippen LogP contribution is 2.30. The maximum Gasteiger partial charge on any atom is 0.387 e. The van der Waals surface area contributed by atoms with Crippen LogP contribution in [0.3, 0.4) is 0 Å². The lowest BCUT2D eigenvalue weighted by molar-refractivity contribution is -0.0514. The number of ether oxygens (including phenoxy) is 3. The zero-order valence-corrected chi connectivity index (χ0v) is 17.7. The van der Waals surface area contributed by atoms with E-state index in [2.05, 4.69) is 20.4 Å². The molecule has 0 fully saturated rings. The second-order valence-corrected chi connectivity index (χ2v) is 5.06. The molecule has 0 unspecified atom stereocenters. The summed E-state index contributed by atoms with van der Waals surface area (Å²) in [6, 6.07) is 4.83. The predicted octanol–water partition coefficient (Wildman–Crippen LogP) is 3.40. The summed E-state index contributed by atoms with van der Waals surface area (Å²) in [4.78, 5) is 4.48. The number of methoxy groups -OCH3 is 1. The van der Waals surface area contributed by atoms with Crippen molar-refractivity contribution in [2.75, 3.05) is 33.4 Å². The van der Waals surface area contributed by atoms with Gasteiger partial charge in [0, 0.05) is 26.8 Å². The summed E-state index contributed by atoms with van der Waals surface area (Å²) in [5.41, 5.74) is 0.833. The highest BCUT2D eigenvalue weighted by molar-refractivity contribution is 14.0. The molecule has 0 aliphatic carbocycles. The lowest BCUT2D eigenvalue weighted by Gasteiger charge is -2.13. The van der Waals surface area contributed by atoms with E-state index in [-0.39, 0.29) is 35.5 Å². The minimum absolute atomic E-state index is 0. The quantitative estimate of drug-likeness (QED) is 0.217. The van der Waals surface area contributed by atoms with Gasteiger partial charge in [-0.1, -0.05) is 6.07 Å². The molecule has 1 aromatic rings. The van der Waals surface area contributed by atoms with Gasteiger partial charge >= 0.3 is 6.61 Å². The van der Waals surface area contributed by atoms with Crippen molar-refractivity contribution in [1.29, 1.82) is 0 Å². The molecule has 0 spiro atoms. The highest BCUT2D eigenvalue weighted by atomic mass is 127. The smallest absolute Gasteiger partial charge is 0.387 e. The number of nitrogens with zero attached hydrogens (tertiary/aromatic N) is 1. The molecule has 0 aromatic heterocycles. The van der Waals surface area contributed by atoms with Gasteiger partial charge in [0.1, 0.15) is 0 Å². The monoisotopic (exact) mass is 487 g/mol. The zero-order valence-electron chi connectivity index (χ0n) is 15.4. The molecule has 1 rings (SSSR count). The summed E-state index contributed by atoms with van der Waals surface area (Å²) in [6.45, 7) is 3.77. The fourth-order valence-corrected chi connectivity index (χ4v) is 2.05. The van der Waals surface area contributed by atoms with Crippen molar-refractivity contribution in [3.63, 3.8) is 0 Å². The average molecular weight is 487 g/mol. The van der Waals surface area contributed by atoms with E-state index in [4.69, 9.17) is 9.47 Å². The summed E-state index contributed by atoms with van der Waals surface area (Å²) in [6.07, 6.45) is 0.870. The van der Waals surface area contributed by atoms with Gasteiger partial charge in [-0.2, -0.15) is 8.78 Å². The van der Waals surface area contributed by atoms with Crippen molar-refractivity contribution in [3.8, 4) is 11.5 Å². The van der Waals surface area contributed by atoms with Crippen LogP contribution in [0, 0.1) is 0 Å². The molecule has 0 amide bonds. The number of guanidine groups is 1. The molecular formula is C17H28F2IN3O3. The molecule has 0 radical (unpaired) electrons. The molecule has 0 bridgehead atoms. The van der Waals surface area contributed by atoms with E-state index in [1.54, 1.807) is 26.2 Å². The van der Waals surface area contributed by atoms with E-state index in [1.807, 2.05) is 6.92 Å². The first-order valence-electron chi connectivity index (χ1n) is 8.32. The Morgan fingerprint density at radius 2 is 1.96 bits per heavy atom. The minimum Gasteiger partial charge on any atom is -0.490 e. The van der Waals surface area contributed by atoms with Crippen LogP contribution in [0.2, 0.25) is 0 Å². The van der Waals surface area contributed by atoms with Crippen LogP contribution in [0.1, 0.15) is 25.8 Å². The predicted molar refractivity (Wildman–Crippen MR) is 109 cm³/mol. The molecular weight excluding hydrogens is 459 g/mol. The van der Waals surface area contributed by atoms with Gasteiger partial charge in [-0.25, -0.2) is 4.99 Å². The van der Waals surface area contributed by atoms with Gasteiger partial charge in [0.05, 0.1) is 13.2 Å². The van der Waals surface area contributed by atoms with Crippen LogP contribution in [0.5, 0.6) is 11.5 Å². The van der Waals surface area contributed by atoms with Crippen molar-refractivity contribution in [1.82, 2.24) is 10.6 Å². The van der Waals surface area contributed by atoms with Crippen LogP contribution < -0.4 is 20.1 Å². The lowest BCUT2D eigenvalue weighted by Crippen LogP contribution is -2.38. The van der Waals surface area contributed by atoms with Crippen LogP contribution in [0.4, 0.5) is 8.78 Å². The number of benzene rings is 1.